The Hall–Kier alpha value is -2.76. The third-order valence-electron chi connectivity index (χ3n) is 3.01. The van der Waals surface area contributed by atoms with Crippen LogP contribution in [0.3, 0.4) is 0 Å². The normalized spacial score (nSPS) is 10.2. The molecule has 0 radical (unpaired) electrons. The van der Waals surface area contributed by atoms with Crippen LogP contribution in [0.5, 0.6) is 5.75 Å². The number of nitrogens with two attached hydrogens (primary N) is 1. The Morgan fingerprint density at radius 1 is 1.33 bits per heavy atom. The van der Waals surface area contributed by atoms with Gasteiger partial charge < -0.3 is 20.4 Å². The number of aryl methyl sites for hydroxylation is 1. The van der Waals surface area contributed by atoms with Crippen molar-refractivity contribution in [3.05, 3.63) is 52.4 Å². The van der Waals surface area contributed by atoms with Crippen molar-refractivity contribution in [3.8, 4) is 5.75 Å². The summed E-state index contributed by atoms with van der Waals surface area (Å²) in [5.74, 6) is 0.195. The lowest BCUT2D eigenvalue weighted by Crippen LogP contribution is -2.19. The minimum atomic E-state index is -0.318. The van der Waals surface area contributed by atoms with Gasteiger partial charge >= 0.3 is 0 Å². The summed E-state index contributed by atoms with van der Waals surface area (Å²) in [6.07, 6.45) is 1.60. The lowest BCUT2D eigenvalue weighted by Gasteiger charge is -2.09. The van der Waals surface area contributed by atoms with Gasteiger partial charge in [0.1, 0.15) is 5.75 Å². The molecule has 1 aromatic carbocycles. The van der Waals surface area contributed by atoms with E-state index in [-0.39, 0.29) is 11.5 Å². The molecule has 6 nitrogen and oxygen atoms in total. The van der Waals surface area contributed by atoms with Gasteiger partial charge in [-0.25, -0.2) is 0 Å². The fourth-order valence-corrected chi connectivity index (χ4v) is 1.93. The number of pyridine rings is 1. The number of nitrogens with one attached hydrogen (secondary N) is 1. The van der Waals surface area contributed by atoms with Crippen LogP contribution in [0, 0.1) is 0 Å². The molecule has 0 saturated carbocycles. The number of anilines is 2. The summed E-state index contributed by atoms with van der Waals surface area (Å²) in [6.45, 7) is 2.39. The third-order valence-corrected chi connectivity index (χ3v) is 3.01. The van der Waals surface area contributed by atoms with Crippen LogP contribution in [0.2, 0.25) is 0 Å². The molecule has 1 aromatic heterocycles. The molecule has 0 spiro atoms. The third kappa shape index (κ3) is 3.42. The van der Waals surface area contributed by atoms with Crippen molar-refractivity contribution in [1.29, 1.82) is 0 Å². The number of hydrogen-bond acceptors (Lipinski definition) is 4. The topological polar surface area (TPSA) is 86.3 Å². The van der Waals surface area contributed by atoms with E-state index in [1.54, 1.807) is 30.5 Å². The number of rotatable bonds is 4. The molecule has 110 valence electrons. The zero-order chi connectivity index (χ0) is 15.4. The molecule has 1 amide bonds. The smallest absolute Gasteiger partial charge is 0.255 e. The van der Waals surface area contributed by atoms with Gasteiger partial charge in [-0.05, 0) is 25.1 Å². The van der Waals surface area contributed by atoms with E-state index in [1.165, 1.54) is 17.7 Å². The molecule has 0 bridgehead atoms. The van der Waals surface area contributed by atoms with Crippen molar-refractivity contribution in [2.24, 2.45) is 0 Å². The Morgan fingerprint density at radius 3 is 2.76 bits per heavy atom. The molecule has 0 saturated heterocycles. The van der Waals surface area contributed by atoms with Gasteiger partial charge in [0.2, 0.25) is 0 Å². The van der Waals surface area contributed by atoms with Crippen LogP contribution in [0.25, 0.3) is 0 Å². The van der Waals surface area contributed by atoms with E-state index in [4.69, 9.17) is 10.5 Å². The first-order valence-electron chi connectivity index (χ1n) is 6.50. The van der Waals surface area contributed by atoms with E-state index < -0.39 is 0 Å². The fourth-order valence-electron chi connectivity index (χ4n) is 1.93. The number of carbonyl (C=O) groups excluding carboxylic acids is 1. The average molecular weight is 287 g/mol. The van der Waals surface area contributed by atoms with E-state index in [1.807, 2.05) is 6.92 Å². The van der Waals surface area contributed by atoms with E-state index in [0.717, 1.165) is 0 Å². The molecule has 0 fully saturated rings. The van der Waals surface area contributed by atoms with Crippen molar-refractivity contribution in [1.82, 2.24) is 4.57 Å². The Morgan fingerprint density at radius 2 is 2.10 bits per heavy atom. The van der Waals surface area contributed by atoms with Gasteiger partial charge in [-0.15, -0.1) is 0 Å². The number of hydrogen-bond donors (Lipinski definition) is 2. The summed E-state index contributed by atoms with van der Waals surface area (Å²) in [4.78, 5) is 23.7. The summed E-state index contributed by atoms with van der Waals surface area (Å²) in [7, 11) is 1.51. The number of nitrogens with zero attached hydrogens (tertiary/aromatic N) is 1. The van der Waals surface area contributed by atoms with Crippen molar-refractivity contribution < 1.29 is 9.53 Å². The molecule has 0 atom stereocenters. The highest BCUT2D eigenvalue weighted by Gasteiger charge is 2.09. The van der Waals surface area contributed by atoms with Gasteiger partial charge in [0.05, 0.1) is 12.8 Å². The highest BCUT2D eigenvalue weighted by atomic mass is 16.5. The fraction of sp³-hybridized carbons (Fsp3) is 0.200. The van der Waals surface area contributed by atoms with Gasteiger partial charge in [0.25, 0.3) is 11.5 Å². The number of aromatic nitrogens is 1. The molecule has 2 aromatic rings. The largest absolute Gasteiger partial charge is 0.497 e. The zero-order valence-corrected chi connectivity index (χ0v) is 11.9. The van der Waals surface area contributed by atoms with Crippen molar-refractivity contribution in [3.63, 3.8) is 0 Å². The van der Waals surface area contributed by atoms with Crippen LogP contribution in [0.1, 0.15) is 17.3 Å². The zero-order valence-electron chi connectivity index (χ0n) is 11.9. The second-order valence-electron chi connectivity index (χ2n) is 4.49. The summed E-state index contributed by atoms with van der Waals surface area (Å²) >= 11 is 0. The first-order valence-corrected chi connectivity index (χ1v) is 6.50. The summed E-state index contributed by atoms with van der Waals surface area (Å²) in [6, 6.07) is 7.78. The number of ether oxygens (including phenoxy) is 1. The van der Waals surface area contributed by atoms with E-state index in [0.29, 0.717) is 29.2 Å². The summed E-state index contributed by atoms with van der Waals surface area (Å²) in [5, 5.41) is 2.73. The van der Waals surface area contributed by atoms with Crippen LogP contribution >= 0.6 is 0 Å². The van der Waals surface area contributed by atoms with E-state index in [9.17, 15) is 9.59 Å². The maximum atomic E-state index is 12.2. The van der Waals surface area contributed by atoms with Crippen molar-refractivity contribution in [2.45, 2.75) is 13.5 Å². The highest BCUT2D eigenvalue weighted by molar-refractivity contribution is 6.05. The van der Waals surface area contributed by atoms with Crippen LogP contribution in [-0.2, 0) is 6.54 Å². The number of nitrogen functional groups attached to an aromatic ring is 1. The van der Waals surface area contributed by atoms with Gasteiger partial charge in [0, 0.05) is 36.1 Å². The minimum absolute atomic E-state index is 0.110. The van der Waals surface area contributed by atoms with Crippen LogP contribution in [0.15, 0.2) is 41.3 Å². The van der Waals surface area contributed by atoms with Gasteiger partial charge in [-0.3, -0.25) is 9.59 Å². The number of methoxy groups -OCH3 is 1. The van der Waals surface area contributed by atoms with Crippen LogP contribution in [0.4, 0.5) is 11.4 Å². The number of amides is 1. The SMILES string of the molecule is CCn1cc(NC(=O)c2cc(N)cc(OC)c2)ccc1=O. The second-order valence-corrected chi connectivity index (χ2v) is 4.49. The van der Waals surface area contributed by atoms with Gasteiger partial charge in [-0.2, -0.15) is 0 Å². The predicted octanol–water partition coefficient (Wildman–Crippen LogP) is 1.71. The molecule has 3 N–H and O–H groups in total. The van der Waals surface area contributed by atoms with E-state index in [2.05, 4.69) is 5.32 Å². The van der Waals surface area contributed by atoms with Gasteiger partial charge in [-0.1, -0.05) is 0 Å². The molecule has 0 aliphatic rings. The Kier molecular flexibility index (Phi) is 4.27. The molecular weight excluding hydrogens is 270 g/mol. The first kappa shape index (κ1) is 14.6. The van der Waals surface area contributed by atoms with Gasteiger partial charge in [0.15, 0.2) is 0 Å². The Labute approximate surface area is 122 Å². The molecule has 6 heteroatoms. The first-order chi connectivity index (χ1) is 10.0. The monoisotopic (exact) mass is 287 g/mol. The lowest BCUT2D eigenvalue weighted by atomic mass is 10.1. The standard InChI is InChI=1S/C15H17N3O3/c1-3-18-9-12(4-5-14(18)19)17-15(20)10-6-11(16)8-13(7-10)21-2/h4-9H,3,16H2,1-2H3,(H,17,20). The molecule has 0 aliphatic heterocycles. The number of benzene rings is 1. The number of carbonyl (C=O) groups is 1. The summed E-state index contributed by atoms with van der Waals surface area (Å²) in [5.41, 5.74) is 6.99. The average Bonchev–Trinajstić information content (AvgIpc) is 2.48. The van der Waals surface area contributed by atoms with E-state index >= 15 is 0 Å². The van der Waals surface area contributed by atoms with Crippen LogP contribution < -0.4 is 21.3 Å². The minimum Gasteiger partial charge on any atom is -0.497 e. The maximum absolute atomic E-state index is 12.2. The molecular formula is C15H17N3O3. The van der Waals surface area contributed by atoms with Crippen molar-refractivity contribution >= 4 is 17.3 Å². The quantitative estimate of drug-likeness (QED) is 0.838. The maximum Gasteiger partial charge on any atom is 0.255 e. The molecule has 0 unspecified atom stereocenters. The summed E-state index contributed by atoms with van der Waals surface area (Å²) < 4.78 is 6.59. The lowest BCUT2D eigenvalue weighted by molar-refractivity contribution is 0.102. The Bertz CT molecular complexity index is 722. The highest BCUT2D eigenvalue weighted by Crippen LogP contribution is 2.19. The second kappa shape index (κ2) is 6.13. The Balaban J connectivity index is 2.25. The van der Waals surface area contributed by atoms with Crippen LogP contribution in [-0.4, -0.2) is 17.6 Å². The molecule has 1 heterocycles. The molecule has 0 aliphatic carbocycles. The predicted molar refractivity (Wildman–Crippen MR) is 81.7 cm³/mol. The molecule has 2 rings (SSSR count). The van der Waals surface area contributed by atoms with Crippen molar-refractivity contribution in [2.75, 3.05) is 18.2 Å². The molecule has 21 heavy (non-hydrogen) atoms.